The van der Waals surface area contributed by atoms with E-state index in [2.05, 4.69) is 58.7 Å². The van der Waals surface area contributed by atoms with Crippen molar-refractivity contribution >= 4 is 0 Å². The lowest BCUT2D eigenvalue weighted by molar-refractivity contribution is 0.142. The van der Waals surface area contributed by atoms with Crippen LogP contribution in [0.4, 0.5) is 0 Å². The first-order chi connectivity index (χ1) is 6.17. The van der Waals surface area contributed by atoms with Gasteiger partial charge in [0.1, 0.15) is 0 Å². The second-order valence-electron chi connectivity index (χ2n) is 5.93. The van der Waals surface area contributed by atoms with E-state index in [1.54, 1.807) is 0 Å². The highest BCUT2D eigenvalue weighted by atomic mass is 15.2. The van der Waals surface area contributed by atoms with Crippen molar-refractivity contribution in [2.24, 2.45) is 0 Å². The van der Waals surface area contributed by atoms with Gasteiger partial charge in [-0.3, -0.25) is 4.90 Å². The lowest BCUT2D eigenvalue weighted by Crippen LogP contribution is -2.47. The Hall–Kier alpha value is -0.0800. The topological polar surface area (TPSA) is 15.3 Å². The fourth-order valence-electron chi connectivity index (χ4n) is 1.53. The van der Waals surface area contributed by atoms with Crippen LogP contribution in [0.25, 0.3) is 0 Å². The Balaban J connectivity index is 3.87. The molecule has 1 N–H and O–H groups in total. The highest BCUT2D eigenvalue weighted by Crippen LogP contribution is 2.11. The molecule has 86 valence electrons. The molecular formula is C12H28N2. The zero-order valence-corrected chi connectivity index (χ0v) is 11.1. The number of hydrogen-bond donors (Lipinski definition) is 1. The van der Waals surface area contributed by atoms with Gasteiger partial charge in [-0.15, -0.1) is 0 Å². The smallest absolute Gasteiger partial charge is 0.0125 e. The minimum Gasteiger partial charge on any atom is -0.311 e. The average molecular weight is 200 g/mol. The molecule has 2 heteroatoms. The first-order valence-electron chi connectivity index (χ1n) is 5.67. The van der Waals surface area contributed by atoms with E-state index in [0.717, 1.165) is 19.6 Å². The molecule has 0 aliphatic rings. The van der Waals surface area contributed by atoms with Crippen molar-refractivity contribution < 1.29 is 0 Å². The molecule has 0 bridgehead atoms. The van der Waals surface area contributed by atoms with Gasteiger partial charge in [-0.1, -0.05) is 6.92 Å². The molecule has 0 spiro atoms. The molecule has 0 atom stereocenters. The van der Waals surface area contributed by atoms with Crippen molar-refractivity contribution in [3.8, 4) is 0 Å². The van der Waals surface area contributed by atoms with E-state index >= 15 is 0 Å². The monoisotopic (exact) mass is 200 g/mol. The van der Waals surface area contributed by atoms with E-state index in [9.17, 15) is 0 Å². The predicted molar refractivity (Wildman–Crippen MR) is 64.8 cm³/mol. The van der Waals surface area contributed by atoms with Gasteiger partial charge in [0, 0.05) is 24.2 Å². The van der Waals surface area contributed by atoms with Gasteiger partial charge in [0.2, 0.25) is 0 Å². The molecule has 0 unspecified atom stereocenters. The number of rotatable bonds is 4. The molecule has 0 aromatic heterocycles. The van der Waals surface area contributed by atoms with Crippen LogP contribution in [0, 0.1) is 0 Å². The maximum atomic E-state index is 3.52. The number of nitrogens with one attached hydrogen (secondary N) is 1. The Kier molecular flexibility index (Phi) is 5.10. The summed E-state index contributed by atoms with van der Waals surface area (Å²) >= 11 is 0. The van der Waals surface area contributed by atoms with E-state index in [1.807, 2.05) is 0 Å². The zero-order valence-electron chi connectivity index (χ0n) is 11.1. The molecule has 0 aromatic carbocycles. The van der Waals surface area contributed by atoms with Gasteiger partial charge in [0.25, 0.3) is 0 Å². The fraction of sp³-hybridized carbons (Fsp3) is 1.00. The largest absolute Gasteiger partial charge is 0.311 e. The Labute approximate surface area is 90.1 Å². The minimum atomic E-state index is 0.233. The lowest BCUT2D eigenvalue weighted by Gasteiger charge is -2.35. The molecule has 0 saturated heterocycles. The molecule has 0 saturated carbocycles. The summed E-state index contributed by atoms with van der Waals surface area (Å²) < 4.78 is 0. The van der Waals surface area contributed by atoms with Gasteiger partial charge in [-0.2, -0.15) is 0 Å². The molecule has 0 aliphatic heterocycles. The van der Waals surface area contributed by atoms with E-state index < -0.39 is 0 Å². The summed E-state index contributed by atoms with van der Waals surface area (Å²) in [6.45, 7) is 19.0. The third-order valence-corrected chi connectivity index (χ3v) is 2.37. The lowest BCUT2D eigenvalue weighted by atomic mass is 10.1. The molecule has 0 heterocycles. The molecule has 0 fully saturated rings. The third kappa shape index (κ3) is 6.39. The molecule has 0 aliphatic carbocycles. The van der Waals surface area contributed by atoms with Gasteiger partial charge < -0.3 is 5.32 Å². The van der Waals surface area contributed by atoms with Crippen molar-refractivity contribution in [1.29, 1.82) is 0 Å². The summed E-state index contributed by atoms with van der Waals surface area (Å²) in [5.41, 5.74) is 0.519. The average Bonchev–Trinajstić information content (AvgIpc) is 1.93. The van der Waals surface area contributed by atoms with Gasteiger partial charge >= 0.3 is 0 Å². The molecule has 0 aromatic rings. The van der Waals surface area contributed by atoms with Crippen LogP contribution in [0.5, 0.6) is 0 Å². The summed E-state index contributed by atoms with van der Waals surface area (Å²) in [4.78, 5) is 2.49. The van der Waals surface area contributed by atoms with Crippen molar-refractivity contribution in [2.45, 2.75) is 59.5 Å². The number of likely N-dealkylation sites (N-methyl/N-ethyl adjacent to an activating group) is 1. The molecule has 0 rings (SSSR count). The Morgan fingerprint density at radius 2 is 1.50 bits per heavy atom. The normalized spacial score (nSPS) is 13.7. The van der Waals surface area contributed by atoms with E-state index in [-0.39, 0.29) is 11.1 Å². The van der Waals surface area contributed by atoms with Gasteiger partial charge in [-0.25, -0.2) is 0 Å². The van der Waals surface area contributed by atoms with Gasteiger partial charge in [-0.05, 0) is 48.1 Å². The summed E-state index contributed by atoms with van der Waals surface area (Å²) in [7, 11) is 0. The SMILES string of the molecule is CCN(CCNC(C)(C)C)C(C)(C)C. The number of nitrogens with zero attached hydrogens (tertiary/aromatic N) is 1. The van der Waals surface area contributed by atoms with Crippen molar-refractivity contribution in [2.75, 3.05) is 19.6 Å². The summed E-state index contributed by atoms with van der Waals surface area (Å²) in [5, 5.41) is 3.52. The van der Waals surface area contributed by atoms with Crippen molar-refractivity contribution in [3.63, 3.8) is 0 Å². The maximum Gasteiger partial charge on any atom is 0.0125 e. The summed E-state index contributed by atoms with van der Waals surface area (Å²) in [6, 6.07) is 0. The van der Waals surface area contributed by atoms with Crippen LogP contribution in [0.15, 0.2) is 0 Å². The molecular weight excluding hydrogens is 172 g/mol. The highest BCUT2D eigenvalue weighted by Gasteiger charge is 2.19. The second-order valence-corrected chi connectivity index (χ2v) is 5.93. The van der Waals surface area contributed by atoms with Crippen LogP contribution in [-0.2, 0) is 0 Å². The van der Waals surface area contributed by atoms with E-state index in [1.165, 1.54) is 0 Å². The van der Waals surface area contributed by atoms with E-state index in [4.69, 9.17) is 0 Å². The Morgan fingerprint density at radius 1 is 1.00 bits per heavy atom. The fourth-order valence-corrected chi connectivity index (χ4v) is 1.53. The summed E-state index contributed by atoms with van der Waals surface area (Å²) in [5.74, 6) is 0. The highest BCUT2D eigenvalue weighted by molar-refractivity contribution is 4.77. The van der Waals surface area contributed by atoms with Crippen molar-refractivity contribution in [1.82, 2.24) is 10.2 Å². The Morgan fingerprint density at radius 3 is 1.79 bits per heavy atom. The quantitative estimate of drug-likeness (QED) is 0.750. The zero-order chi connectivity index (χ0) is 11.4. The second kappa shape index (κ2) is 5.13. The maximum absolute atomic E-state index is 3.52. The van der Waals surface area contributed by atoms with Crippen LogP contribution >= 0.6 is 0 Å². The van der Waals surface area contributed by atoms with Crippen LogP contribution in [-0.4, -0.2) is 35.6 Å². The van der Waals surface area contributed by atoms with Crippen LogP contribution < -0.4 is 5.32 Å². The first-order valence-corrected chi connectivity index (χ1v) is 5.67. The van der Waals surface area contributed by atoms with E-state index in [0.29, 0.717) is 0 Å². The predicted octanol–water partition coefficient (Wildman–Crippen LogP) is 2.49. The third-order valence-electron chi connectivity index (χ3n) is 2.37. The van der Waals surface area contributed by atoms with Crippen LogP contribution in [0.1, 0.15) is 48.5 Å². The molecule has 14 heavy (non-hydrogen) atoms. The van der Waals surface area contributed by atoms with Crippen LogP contribution in [0.2, 0.25) is 0 Å². The first kappa shape index (κ1) is 13.9. The summed E-state index contributed by atoms with van der Waals surface area (Å²) in [6.07, 6.45) is 0. The standard InChI is InChI=1S/C12H28N2/c1-8-14(12(5,6)7)10-9-13-11(2,3)4/h13H,8-10H2,1-7H3. The minimum absolute atomic E-state index is 0.233. The van der Waals surface area contributed by atoms with Gasteiger partial charge in [0.15, 0.2) is 0 Å². The van der Waals surface area contributed by atoms with Gasteiger partial charge in [0.05, 0.1) is 0 Å². The van der Waals surface area contributed by atoms with Crippen LogP contribution in [0.3, 0.4) is 0 Å². The number of hydrogen-bond acceptors (Lipinski definition) is 2. The Bertz CT molecular complexity index is 151. The van der Waals surface area contributed by atoms with Crippen molar-refractivity contribution in [3.05, 3.63) is 0 Å². The molecule has 0 amide bonds. The molecule has 2 nitrogen and oxygen atoms in total. The molecule has 0 radical (unpaired) electrons.